The highest BCUT2D eigenvalue weighted by Gasteiger charge is 2.14. The highest BCUT2D eigenvalue weighted by Crippen LogP contribution is 2.10. The fraction of sp³-hybridized carbons (Fsp3) is 0.0909. The molecule has 12 nitrogen and oxygen atoms in total. The first-order valence-electron chi connectivity index (χ1n) is 6.06. The summed E-state index contributed by atoms with van der Waals surface area (Å²) in [4.78, 5) is 34.5. The van der Waals surface area contributed by atoms with E-state index in [2.05, 4.69) is 20.6 Å². The van der Waals surface area contributed by atoms with Gasteiger partial charge in [-0.3, -0.25) is 14.9 Å². The van der Waals surface area contributed by atoms with Gasteiger partial charge in [0.2, 0.25) is 6.33 Å². The highest BCUT2D eigenvalue weighted by molar-refractivity contribution is 5.82. The smallest absolute Gasteiger partial charge is 0.390 e. The molecule has 1 aromatic heterocycles. The van der Waals surface area contributed by atoms with Crippen LogP contribution in [0.25, 0.3) is 0 Å². The standard InChI is InChI=1S/C11H9N7O5/c19-10(6-16-7-12-11(15-16)18(22)23)14-13-5-8-1-3-9(4-2-8)17(20)21/h1-5,7H,6H2,(H,14,19)/b13-5-. The van der Waals surface area contributed by atoms with Crippen LogP contribution in [0, 0.1) is 20.2 Å². The molecular formula is C11H9N7O5. The van der Waals surface area contributed by atoms with Crippen molar-refractivity contribution in [2.45, 2.75) is 6.54 Å². The minimum Gasteiger partial charge on any atom is -0.390 e. The molecule has 0 radical (unpaired) electrons. The van der Waals surface area contributed by atoms with Crippen molar-refractivity contribution >= 4 is 23.8 Å². The van der Waals surface area contributed by atoms with E-state index < -0.39 is 21.7 Å². The van der Waals surface area contributed by atoms with Crippen molar-refractivity contribution < 1.29 is 14.6 Å². The monoisotopic (exact) mass is 319 g/mol. The minimum atomic E-state index is -0.777. The summed E-state index contributed by atoms with van der Waals surface area (Å²) in [5.41, 5.74) is 2.69. The van der Waals surface area contributed by atoms with E-state index in [9.17, 15) is 25.0 Å². The van der Waals surface area contributed by atoms with E-state index in [-0.39, 0.29) is 12.2 Å². The molecule has 0 saturated heterocycles. The van der Waals surface area contributed by atoms with Crippen molar-refractivity contribution in [2.24, 2.45) is 5.10 Å². The van der Waals surface area contributed by atoms with Crippen molar-refractivity contribution in [1.82, 2.24) is 20.2 Å². The predicted octanol–water partition coefficient (Wildman–Crippen LogP) is 0.245. The summed E-state index contributed by atoms with van der Waals surface area (Å²) in [6.45, 7) is -0.293. The predicted molar refractivity (Wildman–Crippen MR) is 75.5 cm³/mol. The third-order valence-electron chi connectivity index (χ3n) is 2.50. The van der Waals surface area contributed by atoms with E-state index in [4.69, 9.17) is 0 Å². The van der Waals surface area contributed by atoms with Crippen LogP contribution in [0.5, 0.6) is 0 Å². The summed E-state index contributed by atoms with van der Waals surface area (Å²) in [5, 5.41) is 28.0. The molecule has 0 fully saturated rings. The lowest BCUT2D eigenvalue weighted by molar-refractivity contribution is -0.394. The number of nitrogens with one attached hydrogen (secondary N) is 1. The van der Waals surface area contributed by atoms with Gasteiger partial charge in [-0.25, -0.2) is 5.43 Å². The van der Waals surface area contributed by atoms with E-state index in [1.54, 1.807) is 0 Å². The minimum absolute atomic E-state index is 0.0565. The third kappa shape index (κ3) is 4.38. The summed E-state index contributed by atoms with van der Waals surface area (Å²) >= 11 is 0. The zero-order valence-electron chi connectivity index (χ0n) is 11.4. The average molecular weight is 319 g/mol. The van der Waals surface area contributed by atoms with Gasteiger partial charge in [-0.1, -0.05) is 4.98 Å². The lowest BCUT2D eigenvalue weighted by Crippen LogP contribution is -2.23. The van der Waals surface area contributed by atoms with Crippen molar-refractivity contribution in [3.63, 3.8) is 0 Å². The Hall–Kier alpha value is -3.70. The van der Waals surface area contributed by atoms with Crippen LogP contribution < -0.4 is 5.43 Å². The molecule has 1 aromatic carbocycles. The van der Waals surface area contributed by atoms with Crippen LogP contribution >= 0.6 is 0 Å². The molecule has 12 heteroatoms. The zero-order valence-corrected chi connectivity index (χ0v) is 11.4. The van der Waals surface area contributed by atoms with Crippen LogP contribution in [-0.4, -0.2) is 36.7 Å². The number of carbonyl (C=O) groups is 1. The first kappa shape index (κ1) is 15.7. The van der Waals surface area contributed by atoms with Crippen molar-refractivity contribution in [1.29, 1.82) is 0 Å². The van der Waals surface area contributed by atoms with Crippen LogP contribution in [0.15, 0.2) is 35.7 Å². The fourth-order valence-corrected chi connectivity index (χ4v) is 1.49. The van der Waals surface area contributed by atoms with Crippen LogP contribution in [0.1, 0.15) is 5.56 Å². The summed E-state index contributed by atoms with van der Waals surface area (Å²) in [5.74, 6) is -1.17. The number of nitro groups is 2. The van der Waals surface area contributed by atoms with Gasteiger partial charge in [0.1, 0.15) is 6.54 Å². The number of hydrogen-bond donors (Lipinski definition) is 1. The number of nitrogens with zero attached hydrogens (tertiary/aromatic N) is 6. The second kappa shape index (κ2) is 6.84. The van der Waals surface area contributed by atoms with Gasteiger partial charge in [0.25, 0.3) is 11.6 Å². The van der Waals surface area contributed by atoms with Crippen LogP contribution in [-0.2, 0) is 11.3 Å². The van der Waals surface area contributed by atoms with Gasteiger partial charge in [0.05, 0.1) is 11.1 Å². The van der Waals surface area contributed by atoms with Crippen LogP contribution in [0.2, 0.25) is 0 Å². The van der Waals surface area contributed by atoms with Gasteiger partial charge in [-0.2, -0.15) is 9.78 Å². The van der Waals surface area contributed by atoms with E-state index in [1.165, 1.54) is 30.5 Å². The lowest BCUT2D eigenvalue weighted by atomic mass is 10.2. The summed E-state index contributed by atoms with van der Waals surface area (Å²) in [6, 6.07) is 5.54. The van der Waals surface area contributed by atoms with Gasteiger partial charge in [0.15, 0.2) is 0 Å². The number of aromatic nitrogens is 3. The van der Waals surface area contributed by atoms with Gasteiger partial charge in [0, 0.05) is 17.2 Å². The van der Waals surface area contributed by atoms with Crippen molar-refractivity contribution in [3.8, 4) is 0 Å². The fourth-order valence-electron chi connectivity index (χ4n) is 1.49. The molecule has 0 unspecified atom stereocenters. The van der Waals surface area contributed by atoms with Crippen LogP contribution in [0.3, 0.4) is 0 Å². The Balaban J connectivity index is 1.87. The number of rotatable bonds is 6. The number of nitro benzene ring substituents is 1. The van der Waals surface area contributed by atoms with Gasteiger partial charge < -0.3 is 10.1 Å². The molecule has 2 rings (SSSR count). The molecule has 0 aliphatic heterocycles. The maximum absolute atomic E-state index is 11.6. The second-order valence-electron chi connectivity index (χ2n) is 4.14. The van der Waals surface area contributed by atoms with E-state index in [0.29, 0.717) is 5.56 Å². The number of hydrogen-bond acceptors (Lipinski definition) is 8. The molecule has 0 aliphatic rings. The molecule has 1 amide bonds. The van der Waals surface area contributed by atoms with Gasteiger partial charge >= 0.3 is 5.95 Å². The Kier molecular flexibility index (Phi) is 4.66. The Bertz CT molecular complexity index is 767. The SMILES string of the molecule is O=C(Cn1cnc([N+](=O)[O-])n1)N/N=C\c1ccc([N+](=O)[O-])cc1. The third-order valence-corrected chi connectivity index (χ3v) is 2.50. The Morgan fingerprint density at radius 2 is 1.96 bits per heavy atom. The van der Waals surface area contributed by atoms with E-state index in [0.717, 1.165) is 11.0 Å². The molecule has 1 heterocycles. The van der Waals surface area contributed by atoms with Crippen LogP contribution in [0.4, 0.5) is 11.6 Å². The average Bonchev–Trinajstić information content (AvgIpc) is 2.96. The second-order valence-corrected chi connectivity index (χ2v) is 4.14. The maximum Gasteiger partial charge on any atom is 0.490 e. The molecular weight excluding hydrogens is 310 g/mol. The molecule has 0 saturated carbocycles. The first-order valence-corrected chi connectivity index (χ1v) is 6.06. The number of amides is 1. The lowest BCUT2D eigenvalue weighted by Gasteiger charge is -1.97. The molecule has 2 aromatic rings. The number of benzene rings is 1. The Morgan fingerprint density at radius 3 is 2.52 bits per heavy atom. The van der Waals surface area contributed by atoms with Gasteiger partial charge in [-0.15, -0.1) is 0 Å². The van der Waals surface area contributed by atoms with E-state index in [1.807, 2.05) is 0 Å². The molecule has 118 valence electrons. The normalized spacial score (nSPS) is 10.6. The summed E-state index contributed by atoms with van der Waals surface area (Å²) in [7, 11) is 0. The highest BCUT2D eigenvalue weighted by atomic mass is 16.6. The van der Waals surface area contributed by atoms with Crippen molar-refractivity contribution in [3.05, 3.63) is 56.4 Å². The molecule has 0 aliphatic carbocycles. The molecule has 23 heavy (non-hydrogen) atoms. The molecule has 0 bridgehead atoms. The quantitative estimate of drug-likeness (QED) is 0.453. The number of carbonyl (C=O) groups excluding carboxylic acids is 1. The molecule has 1 N–H and O–H groups in total. The van der Waals surface area contributed by atoms with Gasteiger partial charge in [-0.05, 0) is 22.6 Å². The number of non-ortho nitro benzene ring substituents is 1. The Labute approximate surface area is 127 Å². The zero-order chi connectivity index (χ0) is 16.8. The summed E-state index contributed by atoms with van der Waals surface area (Å²) < 4.78 is 0.995. The topological polar surface area (TPSA) is 158 Å². The van der Waals surface area contributed by atoms with E-state index >= 15 is 0 Å². The molecule has 0 atom stereocenters. The Morgan fingerprint density at radius 1 is 1.26 bits per heavy atom. The summed E-state index contributed by atoms with van der Waals surface area (Å²) in [6.07, 6.45) is 2.35. The first-order chi connectivity index (χ1) is 11.0. The molecule has 0 spiro atoms. The number of hydrazone groups is 1. The van der Waals surface area contributed by atoms with Crippen molar-refractivity contribution in [2.75, 3.05) is 0 Å². The maximum atomic E-state index is 11.6. The largest absolute Gasteiger partial charge is 0.490 e.